The first-order chi connectivity index (χ1) is 7.27. The molecular formula is C7H8ClNO5S2. The van der Waals surface area contributed by atoms with Crippen molar-refractivity contribution in [3.8, 4) is 0 Å². The van der Waals surface area contributed by atoms with Gasteiger partial charge in [-0.25, -0.2) is 16.8 Å². The minimum atomic E-state index is -3.76. The largest absolute Gasteiger partial charge is 0.361 e. The highest BCUT2D eigenvalue weighted by molar-refractivity contribution is 8.13. The number of nitrogens with zero attached hydrogens (tertiary/aromatic N) is 1. The Morgan fingerprint density at radius 1 is 1.44 bits per heavy atom. The van der Waals surface area contributed by atoms with Crippen molar-refractivity contribution < 1.29 is 21.4 Å². The lowest BCUT2D eigenvalue weighted by molar-refractivity contribution is 0.380. The van der Waals surface area contributed by atoms with Crippen LogP contribution in [0.15, 0.2) is 4.52 Å². The first kappa shape index (κ1) is 11.9. The van der Waals surface area contributed by atoms with Crippen LogP contribution in [0.5, 0.6) is 0 Å². The van der Waals surface area contributed by atoms with E-state index in [1.807, 2.05) is 0 Å². The molecule has 16 heavy (non-hydrogen) atoms. The number of fused-ring (bicyclic) bond motifs is 1. The molecule has 0 N–H and O–H groups in total. The molecule has 2 heterocycles. The molecule has 0 bridgehead atoms. The fourth-order valence-corrected chi connectivity index (χ4v) is 3.83. The van der Waals surface area contributed by atoms with Gasteiger partial charge in [0.25, 0.3) is 0 Å². The summed E-state index contributed by atoms with van der Waals surface area (Å²) in [5.74, 6) is -0.302. The van der Waals surface area contributed by atoms with Crippen LogP contribution in [-0.4, -0.2) is 27.7 Å². The van der Waals surface area contributed by atoms with Crippen LogP contribution >= 0.6 is 10.7 Å². The van der Waals surface area contributed by atoms with Gasteiger partial charge in [-0.1, -0.05) is 5.16 Å². The lowest BCUT2D eigenvalue weighted by atomic mass is 10.2. The first-order valence-corrected chi connectivity index (χ1v) is 8.66. The molecule has 0 spiro atoms. The van der Waals surface area contributed by atoms with Crippen LogP contribution in [-0.2, 0) is 36.8 Å². The van der Waals surface area contributed by atoms with Crippen LogP contribution < -0.4 is 0 Å². The van der Waals surface area contributed by atoms with E-state index in [1.165, 1.54) is 0 Å². The third kappa shape index (κ3) is 2.55. The van der Waals surface area contributed by atoms with Gasteiger partial charge in [0.1, 0.15) is 17.2 Å². The predicted molar refractivity (Wildman–Crippen MR) is 56.2 cm³/mol. The Morgan fingerprint density at radius 3 is 2.75 bits per heavy atom. The van der Waals surface area contributed by atoms with Gasteiger partial charge in [0, 0.05) is 22.7 Å². The highest BCUT2D eigenvalue weighted by atomic mass is 35.7. The van der Waals surface area contributed by atoms with Crippen LogP contribution in [0.25, 0.3) is 0 Å². The number of hydrogen-bond acceptors (Lipinski definition) is 6. The summed E-state index contributed by atoms with van der Waals surface area (Å²) < 4.78 is 49.4. The third-order valence-electron chi connectivity index (χ3n) is 2.26. The van der Waals surface area contributed by atoms with Crippen LogP contribution in [0.2, 0.25) is 0 Å². The summed E-state index contributed by atoms with van der Waals surface area (Å²) in [6, 6.07) is 0. The van der Waals surface area contributed by atoms with Crippen molar-refractivity contribution in [2.24, 2.45) is 0 Å². The van der Waals surface area contributed by atoms with E-state index < -0.39 is 24.6 Å². The summed E-state index contributed by atoms with van der Waals surface area (Å²) in [5, 5.41) is 3.55. The van der Waals surface area contributed by atoms with Crippen molar-refractivity contribution in [3.63, 3.8) is 0 Å². The predicted octanol–water partition coefficient (Wildman–Crippen LogP) is 0.214. The van der Waals surface area contributed by atoms with E-state index in [0.717, 1.165) is 0 Å². The molecule has 1 aromatic heterocycles. The molecule has 0 aromatic carbocycles. The summed E-state index contributed by atoms with van der Waals surface area (Å²) in [7, 11) is -1.87. The molecule has 0 fully saturated rings. The topological polar surface area (TPSA) is 94.3 Å². The second-order valence-corrected chi connectivity index (χ2v) is 8.52. The second-order valence-electron chi connectivity index (χ2n) is 3.56. The summed E-state index contributed by atoms with van der Waals surface area (Å²) in [6.45, 7) is 0. The van der Waals surface area contributed by atoms with E-state index in [2.05, 4.69) is 5.16 Å². The lowest BCUT2D eigenvalue weighted by Gasteiger charge is -2.10. The number of sulfone groups is 1. The zero-order chi connectivity index (χ0) is 12.0. The fraction of sp³-hybridized carbons (Fsp3) is 0.571. The first-order valence-electron chi connectivity index (χ1n) is 4.36. The van der Waals surface area contributed by atoms with Crippen LogP contribution in [0.1, 0.15) is 17.0 Å². The van der Waals surface area contributed by atoms with Crippen molar-refractivity contribution >= 4 is 29.6 Å². The molecule has 1 aliphatic heterocycles. The highest BCUT2D eigenvalue weighted by Crippen LogP contribution is 2.25. The molecular weight excluding hydrogens is 278 g/mol. The second kappa shape index (κ2) is 3.71. The molecule has 0 unspecified atom stereocenters. The number of aryl methyl sites for hydroxylation is 1. The van der Waals surface area contributed by atoms with Crippen molar-refractivity contribution in [1.29, 1.82) is 0 Å². The van der Waals surface area contributed by atoms with Crippen LogP contribution in [0.4, 0.5) is 0 Å². The summed E-state index contributed by atoms with van der Waals surface area (Å²) in [4.78, 5) is 0. The molecule has 0 amide bonds. The van der Waals surface area contributed by atoms with Crippen LogP contribution in [0, 0.1) is 0 Å². The molecule has 9 heteroatoms. The zero-order valence-corrected chi connectivity index (χ0v) is 10.4. The maximum Gasteiger partial charge on any atom is 0.238 e. The van der Waals surface area contributed by atoms with Gasteiger partial charge in [-0.05, 0) is 0 Å². The van der Waals surface area contributed by atoms with Gasteiger partial charge in [0.05, 0.1) is 11.5 Å². The number of halogens is 1. The minimum Gasteiger partial charge on any atom is -0.361 e. The molecule has 90 valence electrons. The normalized spacial score (nSPS) is 19.3. The van der Waals surface area contributed by atoms with E-state index in [4.69, 9.17) is 15.2 Å². The van der Waals surface area contributed by atoms with Gasteiger partial charge >= 0.3 is 0 Å². The highest BCUT2D eigenvalue weighted by Gasteiger charge is 2.29. The van der Waals surface area contributed by atoms with Gasteiger partial charge in [0.15, 0.2) is 9.84 Å². The zero-order valence-electron chi connectivity index (χ0n) is 8.01. The molecule has 1 aromatic rings. The SMILES string of the molecule is O=S(=O)(Cl)Cc1noc2c1CS(=O)(=O)CC2. The molecule has 0 saturated carbocycles. The van der Waals surface area contributed by atoms with Gasteiger partial charge in [-0.3, -0.25) is 0 Å². The fourth-order valence-electron chi connectivity index (χ4n) is 1.56. The summed E-state index contributed by atoms with van der Waals surface area (Å²) in [6.07, 6.45) is 0.229. The van der Waals surface area contributed by atoms with E-state index in [1.54, 1.807) is 0 Å². The quantitative estimate of drug-likeness (QED) is 0.721. The minimum absolute atomic E-state index is 0.00224. The molecule has 0 aliphatic carbocycles. The number of aromatic nitrogens is 1. The Labute approximate surface area is 96.9 Å². The number of hydrogen-bond donors (Lipinski definition) is 0. The van der Waals surface area contributed by atoms with Crippen molar-refractivity contribution in [2.45, 2.75) is 17.9 Å². The van der Waals surface area contributed by atoms with Crippen molar-refractivity contribution in [3.05, 3.63) is 17.0 Å². The molecule has 2 rings (SSSR count). The van der Waals surface area contributed by atoms with Gasteiger partial charge in [0.2, 0.25) is 9.05 Å². The average molecular weight is 286 g/mol. The Kier molecular flexibility index (Phi) is 2.75. The standard InChI is InChI=1S/C7H8ClNO5S2/c8-16(12,13)4-6-5-3-15(10,11)2-1-7(5)14-9-6/h1-4H2. The lowest BCUT2D eigenvalue weighted by Crippen LogP contribution is -2.18. The van der Waals surface area contributed by atoms with Crippen LogP contribution in [0.3, 0.4) is 0 Å². The average Bonchev–Trinajstić information content (AvgIpc) is 2.44. The van der Waals surface area contributed by atoms with E-state index in [9.17, 15) is 16.8 Å². The van der Waals surface area contributed by atoms with E-state index >= 15 is 0 Å². The Hall–Kier alpha value is -0.600. The molecule has 0 saturated heterocycles. The van der Waals surface area contributed by atoms with Gasteiger partial charge in [-0.15, -0.1) is 0 Å². The maximum atomic E-state index is 11.4. The molecule has 0 radical (unpaired) electrons. The van der Waals surface area contributed by atoms with Crippen molar-refractivity contribution in [1.82, 2.24) is 5.16 Å². The Bertz CT molecular complexity index is 615. The third-order valence-corrected chi connectivity index (χ3v) is 4.76. The summed E-state index contributed by atoms with van der Waals surface area (Å²) in [5.41, 5.74) is 0.434. The molecule has 1 aliphatic rings. The monoisotopic (exact) mass is 285 g/mol. The van der Waals surface area contributed by atoms with Crippen molar-refractivity contribution in [2.75, 3.05) is 5.75 Å². The van der Waals surface area contributed by atoms with Gasteiger partial charge < -0.3 is 4.52 Å². The van der Waals surface area contributed by atoms with E-state index in [-0.39, 0.29) is 23.6 Å². The summed E-state index contributed by atoms with van der Waals surface area (Å²) >= 11 is 0. The Balaban J connectivity index is 2.41. The van der Waals surface area contributed by atoms with Gasteiger partial charge in [-0.2, -0.15) is 0 Å². The smallest absolute Gasteiger partial charge is 0.238 e. The maximum absolute atomic E-state index is 11.4. The number of rotatable bonds is 2. The molecule has 6 nitrogen and oxygen atoms in total. The molecule has 0 atom stereocenters. The van der Waals surface area contributed by atoms with E-state index in [0.29, 0.717) is 11.3 Å². The Morgan fingerprint density at radius 2 is 2.12 bits per heavy atom.